The van der Waals surface area contributed by atoms with Gasteiger partial charge in [-0.3, -0.25) is 4.90 Å². The zero-order valence-electron chi connectivity index (χ0n) is 15.8. The van der Waals surface area contributed by atoms with E-state index in [-0.39, 0.29) is 16.8 Å². The molecule has 0 saturated carbocycles. The Morgan fingerprint density at radius 1 is 1.17 bits per heavy atom. The normalized spacial score (nSPS) is 16.4. The molecule has 3 rings (SSSR count). The highest BCUT2D eigenvalue weighted by Crippen LogP contribution is 2.41. The zero-order chi connectivity index (χ0) is 21.1. The van der Waals surface area contributed by atoms with Gasteiger partial charge in [0.1, 0.15) is 12.4 Å². The van der Waals surface area contributed by atoms with Gasteiger partial charge in [-0.15, -0.1) is 4.91 Å². The second-order valence-electron chi connectivity index (χ2n) is 6.52. The molecule has 1 aliphatic heterocycles. The maximum Gasteiger partial charge on any atom is 0.329 e. The minimum atomic E-state index is -0.839. The zero-order valence-corrected chi connectivity index (χ0v) is 15.8. The molecule has 0 bridgehead atoms. The molecule has 0 N–H and O–H groups in total. The van der Waals surface area contributed by atoms with Gasteiger partial charge in [0.05, 0.1) is 35.0 Å². The Morgan fingerprint density at radius 2 is 1.93 bits per heavy atom. The van der Waals surface area contributed by atoms with Gasteiger partial charge in [0.2, 0.25) is 0 Å². The van der Waals surface area contributed by atoms with E-state index >= 15 is 0 Å². The van der Waals surface area contributed by atoms with Crippen LogP contribution in [0.4, 0.5) is 20.6 Å². The Kier molecular flexibility index (Phi) is 5.38. The molecule has 144 valence electrons. The van der Waals surface area contributed by atoms with Gasteiger partial charge in [-0.2, -0.15) is 10.5 Å². The Hall–Kier alpha value is -4.04. The SMILES string of the molecule is CC1=C(C#N)[C@@H](c2ccc(C#N)cc2N=O)N(C)C(=O)N1c1cccc(CF)c1. The topological polar surface area (TPSA) is 101 Å². The van der Waals surface area contributed by atoms with Crippen LogP contribution in [-0.4, -0.2) is 18.0 Å². The van der Waals surface area contributed by atoms with E-state index in [9.17, 15) is 19.4 Å². The lowest BCUT2D eigenvalue weighted by Gasteiger charge is -2.40. The molecule has 0 saturated heterocycles. The fourth-order valence-electron chi connectivity index (χ4n) is 3.44. The van der Waals surface area contributed by atoms with Crippen molar-refractivity contribution in [1.29, 1.82) is 10.5 Å². The molecule has 2 amide bonds. The second kappa shape index (κ2) is 7.91. The summed E-state index contributed by atoms with van der Waals surface area (Å²) in [6, 6.07) is 13.6. The Bertz CT molecular complexity index is 1110. The van der Waals surface area contributed by atoms with Crippen LogP contribution in [0.2, 0.25) is 0 Å². The maximum absolute atomic E-state index is 13.2. The van der Waals surface area contributed by atoms with Crippen molar-refractivity contribution in [2.75, 3.05) is 11.9 Å². The first kappa shape index (κ1) is 19.7. The molecular weight excluding hydrogens is 373 g/mol. The number of halogens is 1. The predicted octanol–water partition coefficient (Wildman–Crippen LogP) is 4.84. The standard InChI is InChI=1S/C21H16FN5O2/c1-13-18(12-24)20(17-7-6-15(11-23)9-19(17)25-29)26(2)21(28)27(13)16-5-3-4-14(8-16)10-22/h3-9,20H,10H2,1-2H3/t20-/m1/s1. The van der Waals surface area contributed by atoms with Gasteiger partial charge in [0.25, 0.3) is 0 Å². The highest BCUT2D eigenvalue weighted by atomic mass is 19.1. The van der Waals surface area contributed by atoms with Gasteiger partial charge in [-0.05, 0) is 41.9 Å². The van der Waals surface area contributed by atoms with Crippen molar-refractivity contribution in [3.63, 3.8) is 0 Å². The number of nitrogens with zero attached hydrogens (tertiary/aromatic N) is 5. The molecule has 29 heavy (non-hydrogen) atoms. The number of urea groups is 1. The molecule has 0 unspecified atom stereocenters. The highest BCUT2D eigenvalue weighted by Gasteiger charge is 2.39. The smallest absolute Gasteiger partial charge is 0.315 e. The number of alkyl halides is 1. The van der Waals surface area contributed by atoms with Crippen LogP contribution in [0.15, 0.2) is 58.9 Å². The van der Waals surface area contributed by atoms with Crippen LogP contribution in [0, 0.1) is 27.6 Å². The summed E-state index contributed by atoms with van der Waals surface area (Å²) < 4.78 is 13.1. The summed E-state index contributed by atoms with van der Waals surface area (Å²) in [6.45, 7) is 0.943. The molecule has 2 aromatic carbocycles. The van der Waals surface area contributed by atoms with E-state index in [1.807, 2.05) is 6.07 Å². The van der Waals surface area contributed by atoms with Crippen molar-refractivity contribution in [3.8, 4) is 12.1 Å². The molecule has 0 radical (unpaired) electrons. The summed E-state index contributed by atoms with van der Waals surface area (Å²) in [6.07, 6.45) is 0. The lowest BCUT2D eigenvalue weighted by molar-refractivity contribution is 0.202. The van der Waals surface area contributed by atoms with Crippen molar-refractivity contribution in [2.24, 2.45) is 5.18 Å². The molecule has 0 spiro atoms. The molecule has 1 aliphatic rings. The van der Waals surface area contributed by atoms with E-state index in [1.165, 1.54) is 35.0 Å². The van der Waals surface area contributed by atoms with Gasteiger partial charge < -0.3 is 4.90 Å². The third kappa shape index (κ3) is 3.32. The van der Waals surface area contributed by atoms with Crippen LogP contribution in [0.3, 0.4) is 0 Å². The number of carbonyl (C=O) groups excluding carboxylic acids is 1. The Morgan fingerprint density at radius 3 is 2.55 bits per heavy atom. The summed E-state index contributed by atoms with van der Waals surface area (Å²) in [4.78, 5) is 27.2. The number of rotatable bonds is 4. The molecular formula is C21H16FN5O2. The van der Waals surface area contributed by atoms with Crippen LogP contribution in [0.25, 0.3) is 0 Å². The van der Waals surface area contributed by atoms with Crippen molar-refractivity contribution in [3.05, 3.63) is 75.3 Å². The molecule has 7 nitrogen and oxygen atoms in total. The van der Waals surface area contributed by atoms with Gasteiger partial charge >= 0.3 is 6.03 Å². The summed E-state index contributed by atoms with van der Waals surface area (Å²) in [5.41, 5.74) is 2.05. The van der Waals surface area contributed by atoms with E-state index in [0.29, 0.717) is 22.5 Å². The number of amides is 2. The number of hydrogen-bond acceptors (Lipinski definition) is 5. The molecule has 1 atom stereocenters. The maximum atomic E-state index is 13.2. The van der Waals surface area contributed by atoms with E-state index in [1.54, 1.807) is 31.2 Å². The van der Waals surface area contributed by atoms with Crippen molar-refractivity contribution in [2.45, 2.75) is 19.6 Å². The van der Waals surface area contributed by atoms with Crippen LogP contribution >= 0.6 is 0 Å². The van der Waals surface area contributed by atoms with Crippen molar-refractivity contribution < 1.29 is 9.18 Å². The lowest BCUT2D eigenvalue weighted by Crippen LogP contribution is -2.47. The van der Waals surface area contributed by atoms with E-state index in [2.05, 4.69) is 11.2 Å². The highest BCUT2D eigenvalue weighted by molar-refractivity contribution is 5.97. The molecule has 8 heteroatoms. The summed E-state index contributed by atoms with van der Waals surface area (Å²) >= 11 is 0. The lowest BCUT2D eigenvalue weighted by atomic mass is 9.92. The average molecular weight is 389 g/mol. The third-order valence-corrected chi connectivity index (χ3v) is 4.87. The first-order valence-electron chi connectivity index (χ1n) is 8.66. The molecule has 0 aliphatic carbocycles. The first-order valence-corrected chi connectivity index (χ1v) is 8.66. The fourth-order valence-corrected chi connectivity index (χ4v) is 3.44. The van der Waals surface area contributed by atoms with Crippen LogP contribution in [-0.2, 0) is 6.67 Å². The van der Waals surface area contributed by atoms with Crippen LogP contribution in [0.5, 0.6) is 0 Å². The largest absolute Gasteiger partial charge is 0.329 e. The van der Waals surface area contributed by atoms with Gasteiger partial charge in [0, 0.05) is 18.3 Å². The number of anilines is 1. The quantitative estimate of drug-likeness (QED) is 0.699. The summed E-state index contributed by atoms with van der Waals surface area (Å²) in [5, 5.41) is 21.9. The molecule has 1 heterocycles. The van der Waals surface area contributed by atoms with Gasteiger partial charge in [-0.1, -0.05) is 18.2 Å². The van der Waals surface area contributed by atoms with Crippen LogP contribution < -0.4 is 4.90 Å². The third-order valence-electron chi connectivity index (χ3n) is 4.87. The van der Waals surface area contributed by atoms with Crippen LogP contribution in [0.1, 0.15) is 29.7 Å². The second-order valence-corrected chi connectivity index (χ2v) is 6.52. The number of likely N-dealkylation sites (N-methyl/N-ethyl adjacent to an activating group) is 1. The predicted molar refractivity (Wildman–Crippen MR) is 105 cm³/mol. The number of allylic oxidation sites excluding steroid dienone is 1. The minimum absolute atomic E-state index is 0.0119. The average Bonchev–Trinajstić information content (AvgIpc) is 2.76. The van der Waals surface area contributed by atoms with Gasteiger partial charge in [0.15, 0.2) is 0 Å². The van der Waals surface area contributed by atoms with Crippen molar-refractivity contribution >= 4 is 17.4 Å². The van der Waals surface area contributed by atoms with E-state index in [4.69, 9.17) is 5.26 Å². The fraction of sp³-hybridized carbons (Fsp3) is 0.190. The summed E-state index contributed by atoms with van der Waals surface area (Å²) in [7, 11) is 1.51. The van der Waals surface area contributed by atoms with E-state index < -0.39 is 18.7 Å². The minimum Gasteiger partial charge on any atom is -0.315 e. The Balaban J connectivity index is 2.19. The number of hydrogen-bond donors (Lipinski definition) is 0. The molecule has 0 fully saturated rings. The molecule has 0 aromatic heterocycles. The van der Waals surface area contributed by atoms with Crippen molar-refractivity contribution in [1.82, 2.24) is 4.90 Å². The monoisotopic (exact) mass is 389 g/mol. The van der Waals surface area contributed by atoms with E-state index in [0.717, 1.165) is 0 Å². The first-order chi connectivity index (χ1) is 14.0. The number of nitriles is 2. The number of benzene rings is 2. The Labute approximate surface area is 166 Å². The summed E-state index contributed by atoms with van der Waals surface area (Å²) in [5.74, 6) is 0. The molecule has 2 aromatic rings. The number of carbonyl (C=O) groups is 1. The number of nitroso groups, excluding NO2 is 1. The van der Waals surface area contributed by atoms with Gasteiger partial charge in [-0.25, -0.2) is 9.18 Å².